The Kier molecular flexibility index (Phi) is 3.75. The first-order chi connectivity index (χ1) is 6.99. The third-order valence-electron chi connectivity index (χ3n) is 2.46. The lowest BCUT2D eigenvalue weighted by atomic mass is 9.94. The van der Waals surface area contributed by atoms with Gasteiger partial charge in [-0.15, -0.1) is 0 Å². The van der Waals surface area contributed by atoms with Crippen molar-refractivity contribution in [2.45, 2.75) is 39.2 Å². The van der Waals surface area contributed by atoms with Crippen molar-refractivity contribution in [1.29, 1.82) is 0 Å². The fourth-order valence-corrected chi connectivity index (χ4v) is 1.68. The maximum absolute atomic E-state index is 10.0. The highest BCUT2D eigenvalue weighted by molar-refractivity contribution is 5.40. The maximum Gasteiger partial charge on any atom is 0.124 e. The molecule has 15 heavy (non-hydrogen) atoms. The van der Waals surface area contributed by atoms with Crippen molar-refractivity contribution in [3.8, 4) is 5.75 Å². The predicted octanol–water partition coefficient (Wildman–Crippen LogP) is 2.88. The summed E-state index contributed by atoms with van der Waals surface area (Å²) in [5.74, 6) is 0.752. The Morgan fingerprint density at radius 1 is 1.33 bits per heavy atom. The van der Waals surface area contributed by atoms with E-state index in [0.29, 0.717) is 0 Å². The SMILES string of the molecule is CCCc1ccc(OC)c(C(C)(C)O)c1. The average Bonchev–Trinajstić information content (AvgIpc) is 2.17. The Labute approximate surface area is 91.9 Å². The van der Waals surface area contributed by atoms with Crippen LogP contribution in [0, 0.1) is 0 Å². The van der Waals surface area contributed by atoms with Crippen molar-refractivity contribution in [1.82, 2.24) is 0 Å². The summed E-state index contributed by atoms with van der Waals surface area (Å²) in [6.07, 6.45) is 2.14. The molecule has 2 heteroatoms. The summed E-state index contributed by atoms with van der Waals surface area (Å²) in [6, 6.07) is 6.01. The smallest absolute Gasteiger partial charge is 0.124 e. The van der Waals surface area contributed by atoms with Gasteiger partial charge in [0.2, 0.25) is 0 Å². The zero-order valence-corrected chi connectivity index (χ0v) is 10.0. The molecule has 1 aromatic rings. The quantitative estimate of drug-likeness (QED) is 0.824. The lowest BCUT2D eigenvalue weighted by Gasteiger charge is -2.21. The summed E-state index contributed by atoms with van der Waals surface area (Å²) in [4.78, 5) is 0. The molecule has 0 amide bonds. The van der Waals surface area contributed by atoms with Crippen molar-refractivity contribution in [3.63, 3.8) is 0 Å². The minimum atomic E-state index is -0.852. The number of aryl methyl sites for hydroxylation is 1. The van der Waals surface area contributed by atoms with E-state index in [-0.39, 0.29) is 0 Å². The van der Waals surface area contributed by atoms with Crippen molar-refractivity contribution < 1.29 is 9.84 Å². The van der Waals surface area contributed by atoms with Gasteiger partial charge in [0.1, 0.15) is 5.75 Å². The second-order valence-electron chi connectivity index (χ2n) is 4.34. The topological polar surface area (TPSA) is 29.5 Å². The molecule has 0 bridgehead atoms. The van der Waals surface area contributed by atoms with Crippen LogP contribution in [0.3, 0.4) is 0 Å². The zero-order chi connectivity index (χ0) is 11.5. The lowest BCUT2D eigenvalue weighted by Crippen LogP contribution is -2.17. The van der Waals surface area contributed by atoms with Gasteiger partial charge in [0.25, 0.3) is 0 Å². The van der Waals surface area contributed by atoms with E-state index in [2.05, 4.69) is 13.0 Å². The highest BCUT2D eigenvalue weighted by Crippen LogP contribution is 2.30. The number of benzene rings is 1. The molecule has 2 nitrogen and oxygen atoms in total. The van der Waals surface area contributed by atoms with Crippen molar-refractivity contribution in [2.24, 2.45) is 0 Å². The average molecular weight is 208 g/mol. The monoisotopic (exact) mass is 208 g/mol. The zero-order valence-electron chi connectivity index (χ0n) is 10.0. The third-order valence-corrected chi connectivity index (χ3v) is 2.46. The summed E-state index contributed by atoms with van der Waals surface area (Å²) in [5, 5.41) is 10.0. The normalized spacial score (nSPS) is 11.5. The van der Waals surface area contributed by atoms with E-state index in [1.807, 2.05) is 12.1 Å². The largest absolute Gasteiger partial charge is 0.496 e. The van der Waals surface area contributed by atoms with Crippen LogP contribution in [0.25, 0.3) is 0 Å². The van der Waals surface area contributed by atoms with Crippen LogP contribution in [0.5, 0.6) is 5.75 Å². The molecule has 0 aliphatic heterocycles. The molecule has 0 aliphatic rings. The minimum Gasteiger partial charge on any atom is -0.496 e. The Morgan fingerprint density at radius 3 is 2.47 bits per heavy atom. The van der Waals surface area contributed by atoms with Gasteiger partial charge in [-0.1, -0.05) is 19.4 Å². The fourth-order valence-electron chi connectivity index (χ4n) is 1.68. The van der Waals surface area contributed by atoms with Crippen LogP contribution in [0.15, 0.2) is 18.2 Å². The molecule has 0 saturated carbocycles. The first-order valence-electron chi connectivity index (χ1n) is 5.38. The highest BCUT2D eigenvalue weighted by atomic mass is 16.5. The molecule has 0 aliphatic carbocycles. The van der Waals surface area contributed by atoms with E-state index in [1.165, 1.54) is 5.56 Å². The molecule has 0 atom stereocenters. The molecule has 84 valence electrons. The van der Waals surface area contributed by atoms with Crippen LogP contribution in [-0.2, 0) is 12.0 Å². The van der Waals surface area contributed by atoms with Crippen LogP contribution < -0.4 is 4.74 Å². The molecule has 0 spiro atoms. The van der Waals surface area contributed by atoms with Crippen LogP contribution in [0.4, 0.5) is 0 Å². The van der Waals surface area contributed by atoms with E-state index in [0.717, 1.165) is 24.2 Å². The van der Waals surface area contributed by atoms with Gasteiger partial charge in [0, 0.05) is 5.56 Å². The molecular weight excluding hydrogens is 188 g/mol. The molecule has 0 unspecified atom stereocenters. The van der Waals surface area contributed by atoms with Gasteiger partial charge in [-0.25, -0.2) is 0 Å². The van der Waals surface area contributed by atoms with E-state index in [1.54, 1.807) is 21.0 Å². The molecule has 0 fully saturated rings. The van der Waals surface area contributed by atoms with Crippen LogP contribution in [0.2, 0.25) is 0 Å². The van der Waals surface area contributed by atoms with E-state index < -0.39 is 5.60 Å². The molecule has 0 saturated heterocycles. The summed E-state index contributed by atoms with van der Waals surface area (Å²) in [6.45, 7) is 5.70. The standard InChI is InChI=1S/C13H20O2/c1-5-6-10-7-8-12(15-4)11(9-10)13(2,3)14/h7-9,14H,5-6H2,1-4H3. The van der Waals surface area contributed by atoms with Gasteiger partial charge in [-0.05, 0) is 38.0 Å². The van der Waals surface area contributed by atoms with Gasteiger partial charge in [-0.2, -0.15) is 0 Å². The summed E-state index contributed by atoms with van der Waals surface area (Å²) < 4.78 is 5.24. The predicted molar refractivity (Wildman–Crippen MR) is 62.2 cm³/mol. The maximum atomic E-state index is 10.0. The van der Waals surface area contributed by atoms with Crippen molar-refractivity contribution >= 4 is 0 Å². The fraction of sp³-hybridized carbons (Fsp3) is 0.538. The number of methoxy groups -OCH3 is 1. The molecule has 1 rings (SSSR count). The summed E-state index contributed by atoms with van der Waals surface area (Å²) in [7, 11) is 1.63. The Bertz CT molecular complexity index is 324. The van der Waals surface area contributed by atoms with Crippen LogP contribution in [-0.4, -0.2) is 12.2 Å². The minimum absolute atomic E-state index is 0.752. The number of aliphatic hydroxyl groups is 1. The number of rotatable bonds is 4. The lowest BCUT2D eigenvalue weighted by molar-refractivity contribution is 0.0755. The third kappa shape index (κ3) is 2.96. The van der Waals surface area contributed by atoms with Gasteiger partial charge in [0.05, 0.1) is 12.7 Å². The Hall–Kier alpha value is -1.02. The molecule has 0 radical (unpaired) electrons. The second-order valence-corrected chi connectivity index (χ2v) is 4.34. The van der Waals surface area contributed by atoms with Crippen molar-refractivity contribution in [2.75, 3.05) is 7.11 Å². The van der Waals surface area contributed by atoms with Gasteiger partial charge in [0.15, 0.2) is 0 Å². The van der Waals surface area contributed by atoms with Gasteiger partial charge in [-0.3, -0.25) is 0 Å². The highest BCUT2D eigenvalue weighted by Gasteiger charge is 2.20. The molecular formula is C13H20O2. The first kappa shape index (κ1) is 12.1. The molecule has 0 aromatic heterocycles. The number of ether oxygens (including phenoxy) is 1. The van der Waals surface area contributed by atoms with Crippen LogP contribution >= 0.6 is 0 Å². The molecule has 0 heterocycles. The van der Waals surface area contributed by atoms with Gasteiger partial charge >= 0.3 is 0 Å². The van der Waals surface area contributed by atoms with E-state index >= 15 is 0 Å². The van der Waals surface area contributed by atoms with E-state index in [9.17, 15) is 5.11 Å². The summed E-state index contributed by atoms with van der Waals surface area (Å²) in [5.41, 5.74) is 1.25. The first-order valence-corrected chi connectivity index (χ1v) is 5.38. The Balaban J connectivity index is 3.13. The van der Waals surface area contributed by atoms with E-state index in [4.69, 9.17) is 4.74 Å². The van der Waals surface area contributed by atoms with Crippen LogP contribution in [0.1, 0.15) is 38.3 Å². The summed E-state index contributed by atoms with van der Waals surface area (Å²) >= 11 is 0. The van der Waals surface area contributed by atoms with Crippen molar-refractivity contribution in [3.05, 3.63) is 29.3 Å². The molecule has 1 aromatic carbocycles. The number of hydrogen-bond acceptors (Lipinski definition) is 2. The second kappa shape index (κ2) is 4.67. The van der Waals surface area contributed by atoms with Gasteiger partial charge < -0.3 is 9.84 Å². The molecule has 1 N–H and O–H groups in total. The Morgan fingerprint density at radius 2 is 2.00 bits per heavy atom. The number of hydrogen-bond donors (Lipinski definition) is 1.